The van der Waals surface area contributed by atoms with Gasteiger partial charge >= 0.3 is 5.69 Å². The smallest absolute Gasteiger partial charge is 0.328 e. The van der Waals surface area contributed by atoms with Crippen molar-refractivity contribution in [3.8, 4) is 5.88 Å². The van der Waals surface area contributed by atoms with Gasteiger partial charge < -0.3 is 10.4 Å². The van der Waals surface area contributed by atoms with E-state index in [-0.39, 0.29) is 10.7 Å². The summed E-state index contributed by atoms with van der Waals surface area (Å²) in [6.07, 6.45) is 1.03. The third kappa shape index (κ3) is 4.18. The van der Waals surface area contributed by atoms with Gasteiger partial charge in [-0.2, -0.15) is 5.10 Å². The van der Waals surface area contributed by atoms with E-state index in [1.807, 2.05) is 29.0 Å². The molecular weight excluding hydrogens is 342 g/mol. The van der Waals surface area contributed by atoms with Gasteiger partial charge in [0.1, 0.15) is 5.56 Å². The van der Waals surface area contributed by atoms with Gasteiger partial charge in [0.15, 0.2) is 5.11 Å². The Balaban J connectivity index is 2.08. The second-order valence-corrected chi connectivity index (χ2v) is 5.24. The molecule has 0 saturated heterocycles. The first-order chi connectivity index (χ1) is 10.9. The van der Waals surface area contributed by atoms with Crippen LogP contribution >= 0.6 is 23.8 Å². The van der Waals surface area contributed by atoms with E-state index in [4.69, 9.17) is 23.8 Å². The van der Waals surface area contributed by atoms with Crippen LogP contribution < -0.4 is 22.0 Å². The van der Waals surface area contributed by atoms with Gasteiger partial charge in [0.05, 0.1) is 16.9 Å². The van der Waals surface area contributed by atoms with Crippen molar-refractivity contribution in [3.05, 3.63) is 55.2 Å². The van der Waals surface area contributed by atoms with Crippen LogP contribution in [-0.2, 0) is 0 Å². The lowest BCUT2D eigenvalue weighted by Crippen LogP contribution is -2.27. The molecule has 10 heteroatoms. The van der Waals surface area contributed by atoms with Gasteiger partial charge in [0.25, 0.3) is 5.56 Å². The lowest BCUT2D eigenvalue weighted by atomic mass is 10.2. The van der Waals surface area contributed by atoms with Gasteiger partial charge in [-0.25, -0.2) is 4.79 Å². The topological polar surface area (TPSA) is 122 Å². The Hall–Kier alpha value is -2.65. The van der Waals surface area contributed by atoms with Crippen molar-refractivity contribution in [2.24, 2.45) is 5.10 Å². The lowest BCUT2D eigenvalue weighted by molar-refractivity contribution is 0.447. The van der Waals surface area contributed by atoms with Crippen molar-refractivity contribution in [1.82, 2.24) is 15.4 Å². The van der Waals surface area contributed by atoms with Crippen LogP contribution in [-0.4, -0.2) is 26.4 Å². The Labute approximate surface area is 140 Å². The fraction of sp³-hybridized carbons (Fsp3) is 0.0769. The fourth-order valence-electron chi connectivity index (χ4n) is 1.69. The first-order valence-electron chi connectivity index (χ1n) is 6.29. The Morgan fingerprint density at radius 3 is 2.78 bits per heavy atom. The number of nitrogens with one attached hydrogen (secondary N) is 4. The maximum atomic E-state index is 11.5. The van der Waals surface area contributed by atoms with Crippen molar-refractivity contribution in [2.75, 3.05) is 5.32 Å². The summed E-state index contributed by atoms with van der Waals surface area (Å²) < 4.78 is 0. The highest BCUT2D eigenvalue weighted by Gasteiger charge is 2.07. The third-order valence-corrected chi connectivity index (χ3v) is 3.29. The standard InChI is InChI=1S/C13H12ClN5O3S/c1-6-3-2-4-8(14)9(6)16-13(23)19-15-5-7-10(20)17-12(22)18-11(7)21/h2-5H,1H3,(H2,16,19,23)(H3,17,18,20,21,22)/b15-5+. The quantitative estimate of drug-likeness (QED) is 0.319. The third-order valence-electron chi connectivity index (χ3n) is 2.78. The molecule has 1 aromatic carbocycles. The average molecular weight is 354 g/mol. The summed E-state index contributed by atoms with van der Waals surface area (Å²) in [7, 11) is 0. The van der Waals surface area contributed by atoms with E-state index in [1.165, 1.54) is 0 Å². The Kier molecular flexibility index (Phi) is 5.14. The van der Waals surface area contributed by atoms with E-state index < -0.39 is 17.1 Å². The molecule has 0 saturated carbocycles. The average Bonchev–Trinajstić information content (AvgIpc) is 2.46. The minimum absolute atomic E-state index is 0.137. The molecule has 5 N–H and O–H groups in total. The molecule has 0 radical (unpaired) electrons. The highest BCUT2D eigenvalue weighted by atomic mass is 35.5. The number of aromatic nitrogens is 2. The predicted octanol–water partition coefficient (Wildman–Crippen LogP) is 1.05. The summed E-state index contributed by atoms with van der Waals surface area (Å²) in [6.45, 7) is 1.86. The number of benzene rings is 1. The molecule has 23 heavy (non-hydrogen) atoms. The molecular formula is C13H12ClN5O3S. The van der Waals surface area contributed by atoms with Crippen LogP contribution in [0.1, 0.15) is 11.1 Å². The molecule has 0 bridgehead atoms. The predicted molar refractivity (Wildman–Crippen MR) is 92.5 cm³/mol. The Morgan fingerprint density at radius 1 is 1.39 bits per heavy atom. The van der Waals surface area contributed by atoms with E-state index in [1.54, 1.807) is 6.07 Å². The van der Waals surface area contributed by atoms with E-state index in [2.05, 4.69) is 15.8 Å². The maximum absolute atomic E-state index is 11.5. The summed E-state index contributed by atoms with van der Waals surface area (Å²) in [5.41, 5.74) is 2.19. The van der Waals surface area contributed by atoms with Gasteiger partial charge in [-0.05, 0) is 30.8 Å². The number of aromatic hydroxyl groups is 1. The Bertz CT molecular complexity index is 870. The van der Waals surface area contributed by atoms with Gasteiger partial charge in [-0.15, -0.1) is 0 Å². The van der Waals surface area contributed by atoms with Gasteiger partial charge in [-0.1, -0.05) is 23.7 Å². The van der Waals surface area contributed by atoms with Gasteiger partial charge in [-0.3, -0.25) is 20.2 Å². The molecule has 2 aromatic rings. The zero-order valence-corrected chi connectivity index (χ0v) is 13.4. The minimum Gasteiger partial charge on any atom is -0.494 e. The molecule has 0 fully saturated rings. The normalized spacial score (nSPS) is 10.7. The lowest BCUT2D eigenvalue weighted by Gasteiger charge is -2.11. The number of anilines is 1. The van der Waals surface area contributed by atoms with Crippen LogP contribution in [0.15, 0.2) is 32.9 Å². The summed E-state index contributed by atoms with van der Waals surface area (Å²) >= 11 is 11.1. The number of aromatic amines is 2. The number of rotatable bonds is 3. The SMILES string of the molecule is Cc1cccc(Cl)c1NC(=S)N/N=C/c1c(O)[nH]c(=O)[nH]c1=O. The molecule has 8 nitrogen and oxygen atoms in total. The molecule has 0 amide bonds. The van der Waals surface area contributed by atoms with E-state index in [9.17, 15) is 14.7 Å². The largest absolute Gasteiger partial charge is 0.494 e. The molecule has 0 unspecified atom stereocenters. The van der Waals surface area contributed by atoms with E-state index >= 15 is 0 Å². The first kappa shape index (κ1) is 16.7. The summed E-state index contributed by atoms with van der Waals surface area (Å²) in [5, 5.41) is 16.7. The van der Waals surface area contributed by atoms with Gasteiger partial charge in [0.2, 0.25) is 5.88 Å². The highest BCUT2D eigenvalue weighted by Crippen LogP contribution is 2.24. The second-order valence-electron chi connectivity index (χ2n) is 4.43. The minimum atomic E-state index is -0.816. The number of para-hydroxylation sites is 1. The number of hydrogen-bond acceptors (Lipinski definition) is 5. The van der Waals surface area contributed by atoms with Crippen molar-refractivity contribution in [2.45, 2.75) is 6.92 Å². The summed E-state index contributed by atoms with van der Waals surface area (Å²) in [5.74, 6) is -0.592. The molecule has 0 spiro atoms. The van der Waals surface area contributed by atoms with Crippen LogP contribution in [0.4, 0.5) is 5.69 Å². The number of aryl methyl sites for hydroxylation is 1. The van der Waals surface area contributed by atoms with Gasteiger partial charge in [0, 0.05) is 0 Å². The van der Waals surface area contributed by atoms with Crippen molar-refractivity contribution >= 4 is 40.8 Å². The molecule has 1 heterocycles. The number of halogens is 1. The molecule has 120 valence electrons. The first-order valence-corrected chi connectivity index (χ1v) is 7.08. The van der Waals surface area contributed by atoms with Crippen molar-refractivity contribution < 1.29 is 5.11 Å². The fourth-order valence-corrected chi connectivity index (χ4v) is 2.11. The van der Waals surface area contributed by atoms with E-state index in [0.29, 0.717) is 10.7 Å². The second kappa shape index (κ2) is 7.07. The highest BCUT2D eigenvalue weighted by molar-refractivity contribution is 7.80. The molecule has 2 rings (SSSR count). The molecule has 0 aliphatic heterocycles. The molecule has 1 aromatic heterocycles. The van der Waals surface area contributed by atoms with Crippen LogP contribution in [0.3, 0.4) is 0 Å². The van der Waals surface area contributed by atoms with E-state index in [0.717, 1.165) is 11.8 Å². The maximum Gasteiger partial charge on any atom is 0.328 e. The number of thiocarbonyl (C=S) groups is 1. The number of nitrogens with zero attached hydrogens (tertiary/aromatic N) is 1. The number of H-pyrrole nitrogens is 2. The number of hydrogen-bond donors (Lipinski definition) is 5. The van der Waals surface area contributed by atoms with Crippen LogP contribution in [0.5, 0.6) is 5.88 Å². The zero-order valence-electron chi connectivity index (χ0n) is 11.8. The summed E-state index contributed by atoms with van der Waals surface area (Å²) in [6, 6.07) is 5.38. The van der Waals surface area contributed by atoms with Crippen molar-refractivity contribution in [1.29, 1.82) is 0 Å². The molecule has 0 aliphatic rings. The Morgan fingerprint density at radius 2 is 2.13 bits per heavy atom. The number of hydrazone groups is 1. The van der Waals surface area contributed by atoms with Crippen molar-refractivity contribution in [3.63, 3.8) is 0 Å². The zero-order chi connectivity index (χ0) is 17.0. The van der Waals surface area contributed by atoms with Crippen LogP contribution in [0.2, 0.25) is 5.02 Å². The molecule has 0 aliphatic carbocycles. The van der Waals surface area contributed by atoms with Crippen LogP contribution in [0.25, 0.3) is 0 Å². The van der Waals surface area contributed by atoms with Crippen LogP contribution in [0, 0.1) is 6.92 Å². The monoisotopic (exact) mass is 353 g/mol. The summed E-state index contributed by atoms with van der Waals surface area (Å²) in [4.78, 5) is 26.4. The molecule has 0 atom stereocenters.